The average molecular weight is 535 g/mol. The molecule has 4 rings (SSSR count). The van der Waals surface area contributed by atoms with E-state index in [4.69, 9.17) is 24.5 Å². The number of ether oxygens (including phenoxy) is 3. The number of carbonyl (C=O) groups is 1. The van der Waals surface area contributed by atoms with Crippen molar-refractivity contribution in [2.24, 2.45) is 0 Å². The number of methoxy groups -OCH3 is 1. The zero-order valence-electron chi connectivity index (χ0n) is 20.7. The summed E-state index contributed by atoms with van der Waals surface area (Å²) < 4.78 is 23.6. The fraction of sp³-hybridized carbons (Fsp3) is 0.478. The first-order chi connectivity index (χ1) is 17.8. The van der Waals surface area contributed by atoms with E-state index in [1.54, 1.807) is 6.92 Å². The second kappa shape index (κ2) is 11.6. The first-order valence-electron chi connectivity index (χ1n) is 11.7. The van der Waals surface area contributed by atoms with Gasteiger partial charge in [-0.2, -0.15) is 9.97 Å². The summed E-state index contributed by atoms with van der Waals surface area (Å²) in [6.07, 6.45) is -1.36. The number of anilines is 1. The highest BCUT2D eigenvalue weighted by atomic mass is 31.1. The standard InChI is InChI=1S/C23H31N6O7P/c1-4-34-20(31)14(10-13-8-6-5-7-9-13)28-37-35-11-15-17(30)23(2,32)21(36-15)29-12-25-16-18(29)26-22(24)27-19(16)33-3/h5-9,12,14-15,17,21,28,30,32,37H,4,10-11H2,1-3H3,(H2,24,26,27)/t14-,15+,17+,21+,23+/m0/s1. The van der Waals surface area contributed by atoms with Crippen molar-refractivity contribution in [3.05, 3.63) is 42.2 Å². The van der Waals surface area contributed by atoms with E-state index in [1.807, 2.05) is 30.3 Å². The molecule has 6 atom stereocenters. The largest absolute Gasteiger partial charge is 0.479 e. The third-order valence-corrected chi connectivity index (χ3v) is 6.79. The predicted molar refractivity (Wildman–Crippen MR) is 135 cm³/mol. The Morgan fingerprint density at radius 2 is 2.11 bits per heavy atom. The van der Waals surface area contributed by atoms with E-state index >= 15 is 0 Å². The average Bonchev–Trinajstić information content (AvgIpc) is 3.39. The number of aromatic nitrogens is 4. The lowest BCUT2D eigenvalue weighted by molar-refractivity contribution is -0.145. The first kappa shape index (κ1) is 27.1. The molecule has 0 aliphatic carbocycles. The zero-order valence-corrected chi connectivity index (χ0v) is 21.7. The van der Waals surface area contributed by atoms with Crippen molar-refractivity contribution in [3.8, 4) is 5.88 Å². The number of hydrogen-bond acceptors (Lipinski definition) is 12. The van der Waals surface area contributed by atoms with E-state index in [1.165, 1.54) is 24.9 Å². The molecule has 37 heavy (non-hydrogen) atoms. The predicted octanol–water partition coefficient (Wildman–Crippen LogP) is 0.715. The van der Waals surface area contributed by atoms with Gasteiger partial charge in [0.1, 0.15) is 23.9 Å². The SMILES string of the molecule is CCOC(=O)[C@H](Cc1ccccc1)NPOC[C@H]1O[C@@H](n2cnc3c(OC)nc(N)nc32)[C@](C)(O)[C@@H]1O. The Bertz CT molecular complexity index is 1210. The van der Waals surface area contributed by atoms with E-state index in [0.29, 0.717) is 11.9 Å². The van der Waals surface area contributed by atoms with Gasteiger partial charge in [0.2, 0.25) is 11.8 Å². The minimum Gasteiger partial charge on any atom is -0.479 e. The highest BCUT2D eigenvalue weighted by Crippen LogP contribution is 2.40. The molecule has 14 heteroatoms. The maximum Gasteiger partial charge on any atom is 0.323 e. The number of aliphatic hydroxyl groups is 2. The highest BCUT2D eigenvalue weighted by molar-refractivity contribution is 7.29. The molecule has 1 aliphatic rings. The van der Waals surface area contributed by atoms with E-state index in [2.05, 4.69) is 20.0 Å². The van der Waals surface area contributed by atoms with Gasteiger partial charge in [0.15, 0.2) is 17.4 Å². The molecule has 0 radical (unpaired) electrons. The van der Waals surface area contributed by atoms with Gasteiger partial charge in [-0.3, -0.25) is 14.4 Å². The quantitative estimate of drug-likeness (QED) is 0.154. The van der Waals surface area contributed by atoms with Crippen LogP contribution in [0.25, 0.3) is 11.2 Å². The van der Waals surface area contributed by atoms with Gasteiger partial charge < -0.3 is 34.7 Å². The number of esters is 1. The lowest BCUT2D eigenvalue weighted by Gasteiger charge is -2.27. The summed E-state index contributed by atoms with van der Waals surface area (Å²) in [5.41, 5.74) is 5.67. The van der Waals surface area contributed by atoms with E-state index in [-0.39, 0.29) is 45.6 Å². The van der Waals surface area contributed by atoms with Crippen LogP contribution < -0.4 is 15.6 Å². The third-order valence-electron chi connectivity index (χ3n) is 6.01. The molecule has 1 aromatic carbocycles. The van der Waals surface area contributed by atoms with Crippen LogP contribution in [0, 0.1) is 0 Å². The molecule has 1 unspecified atom stereocenters. The number of fused-ring (bicyclic) bond motifs is 1. The molecule has 2 aromatic heterocycles. The smallest absolute Gasteiger partial charge is 0.323 e. The lowest BCUT2D eigenvalue weighted by atomic mass is 9.96. The second-order valence-electron chi connectivity index (χ2n) is 8.66. The Labute approximate surface area is 215 Å². The second-order valence-corrected chi connectivity index (χ2v) is 9.45. The Hall–Kier alpha value is -2.93. The highest BCUT2D eigenvalue weighted by Gasteiger charge is 2.53. The molecule has 1 saturated heterocycles. The van der Waals surface area contributed by atoms with Gasteiger partial charge in [-0.15, -0.1) is 0 Å². The number of carbonyl (C=O) groups excluding carboxylic acids is 1. The Kier molecular flexibility index (Phi) is 8.53. The van der Waals surface area contributed by atoms with Crippen molar-refractivity contribution in [1.29, 1.82) is 0 Å². The van der Waals surface area contributed by atoms with Gasteiger partial charge in [0.25, 0.3) is 0 Å². The van der Waals surface area contributed by atoms with Crippen LogP contribution in [0.5, 0.6) is 5.88 Å². The minimum absolute atomic E-state index is 0.0388. The number of rotatable bonds is 11. The van der Waals surface area contributed by atoms with Crippen LogP contribution in [0.1, 0.15) is 25.6 Å². The maximum atomic E-state index is 12.4. The van der Waals surface area contributed by atoms with Crippen LogP contribution >= 0.6 is 8.96 Å². The van der Waals surface area contributed by atoms with Crippen molar-refractivity contribution in [3.63, 3.8) is 0 Å². The van der Waals surface area contributed by atoms with E-state index < -0.39 is 30.1 Å². The molecule has 3 heterocycles. The molecule has 0 spiro atoms. The molecule has 1 aliphatic heterocycles. The summed E-state index contributed by atoms with van der Waals surface area (Å²) >= 11 is 0. The van der Waals surface area contributed by atoms with Gasteiger partial charge in [-0.05, 0) is 25.8 Å². The lowest BCUT2D eigenvalue weighted by Crippen LogP contribution is -2.44. The number of imidazole rings is 1. The van der Waals surface area contributed by atoms with Crippen molar-refractivity contribution < 1.29 is 33.7 Å². The number of benzene rings is 1. The number of nitrogens with zero attached hydrogens (tertiary/aromatic N) is 4. The zero-order chi connectivity index (χ0) is 26.6. The van der Waals surface area contributed by atoms with Crippen molar-refractivity contribution in [2.45, 2.75) is 50.3 Å². The Balaban J connectivity index is 1.40. The van der Waals surface area contributed by atoms with Gasteiger partial charge in [-0.1, -0.05) is 30.3 Å². The Morgan fingerprint density at radius 3 is 2.81 bits per heavy atom. The van der Waals surface area contributed by atoms with E-state index in [9.17, 15) is 15.0 Å². The normalized spacial score (nSPS) is 24.6. The molecule has 1 fully saturated rings. The van der Waals surface area contributed by atoms with Crippen LogP contribution in [0.3, 0.4) is 0 Å². The molecule has 0 amide bonds. The molecular weight excluding hydrogens is 503 g/mol. The summed E-state index contributed by atoms with van der Waals surface area (Å²) in [6.45, 7) is 3.41. The van der Waals surface area contributed by atoms with Gasteiger partial charge in [0.05, 0.1) is 35.6 Å². The molecule has 5 N–H and O–H groups in total. The fourth-order valence-corrected chi connectivity index (χ4v) is 4.81. The van der Waals surface area contributed by atoms with Crippen LogP contribution in [0.15, 0.2) is 36.7 Å². The minimum atomic E-state index is -1.70. The Morgan fingerprint density at radius 1 is 1.35 bits per heavy atom. The van der Waals surface area contributed by atoms with Crippen LogP contribution in [-0.2, 0) is 25.2 Å². The molecule has 0 bridgehead atoms. The van der Waals surface area contributed by atoms with Crippen LogP contribution in [0.2, 0.25) is 0 Å². The summed E-state index contributed by atoms with van der Waals surface area (Å²) in [5.74, 6) is -0.243. The number of nitrogen functional groups attached to an aromatic ring is 1. The monoisotopic (exact) mass is 534 g/mol. The number of nitrogens with two attached hydrogens (primary N) is 1. The maximum absolute atomic E-state index is 12.4. The number of hydrogen-bond donors (Lipinski definition) is 4. The molecule has 0 saturated carbocycles. The van der Waals surface area contributed by atoms with Crippen molar-refractivity contribution in [2.75, 3.05) is 26.1 Å². The van der Waals surface area contributed by atoms with Gasteiger partial charge in [-0.25, -0.2) is 4.98 Å². The third kappa shape index (κ3) is 5.82. The topological polar surface area (TPSA) is 176 Å². The van der Waals surface area contributed by atoms with Crippen LogP contribution in [-0.4, -0.2) is 79.9 Å². The fourth-order valence-electron chi connectivity index (χ4n) is 4.12. The van der Waals surface area contributed by atoms with Crippen molar-refractivity contribution >= 4 is 32.0 Å². The molecule has 13 nitrogen and oxygen atoms in total. The number of aliphatic hydroxyl groups excluding tert-OH is 1. The number of nitrogens with one attached hydrogen (secondary N) is 1. The summed E-state index contributed by atoms with van der Waals surface area (Å²) in [5, 5.41) is 25.0. The summed E-state index contributed by atoms with van der Waals surface area (Å²) in [6, 6.07) is 8.95. The van der Waals surface area contributed by atoms with Gasteiger partial charge >= 0.3 is 5.97 Å². The van der Waals surface area contributed by atoms with E-state index in [0.717, 1.165) is 5.56 Å². The first-order valence-corrected chi connectivity index (χ1v) is 12.6. The van der Waals surface area contributed by atoms with Crippen molar-refractivity contribution in [1.82, 2.24) is 24.6 Å². The van der Waals surface area contributed by atoms with Gasteiger partial charge in [0, 0.05) is 0 Å². The summed E-state index contributed by atoms with van der Waals surface area (Å²) in [7, 11) is 1.14. The van der Waals surface area contributed by atoms with Crippen LogP contribution in [0.4, 0.5) is 5.95 Å². The summed E-state index contributed by atoms with van der Waals surface area (Å²) in [4.78, 5) is 24.9. The molecule has 200 valence electrons. The molecule has 3 aromatic rings. The molecular formula is C23H31N6O7P.